The molecule has 5 heteroatoms. The van der Waals surface area contributed by atoms with E-state index in [1.165, 1.54) is 0 Å². The van der Waals surface area contributed by atoms with Crippen LogP contribution in [0.25, 0.3) is 0 Å². The van der Waals surface area contributed by atoms with Crippen LogP contribution in [-0.4, -0.2) is 40.9 Å². The molecule has 2 unspecified atom stereocenters. The maximum atomic E-state index is 11.1. The molecular weight excluding hydrogens is 202 g/mol. The molecule has 0 aromatic carbocycles. The zero-order valence-electron chi connectivity index (χ0n) is 9.20. The smallest absolute Gasteiger partial charge is 0.320 e. The van der Waals surface area contributed by atoms with Gasteiger partial charge in [-0.2, -0.15) is 0 Å². The molecule has 0 saturated carbocycles. The first kappa shape index (κ1) is 13.6. The van der Waals surface area contributed by atoms with Gasteiger partial charge in [0.05, 0.1) is 12.6 Å². The van der Waals surface area contributed by atoms with Crippen molar-refractivity contribution < 1.29 is 13.7 Å². The quantitative estimate of drug-likeness (QED) is 0.655. The molecule has 0 spiro atoms. The Bertz CT molecular complexity index is 206. The molecule has 0 aliphatic heterocycles. The predicted molar refractivity (Wildman–Crippen MR) is 57.6 cm³/mol. The van der Waals surface area contributed by atoms with Crippen molar-refractivity contribution in [2.75, 3.05) is 18.6 Å². The summed E-state index contributed by atoms with van der Waals surface area (Å²) in [5, 5.41) is 2.95. The Kier molecular flexibility index (Phi) is 6.74. The summed E-state index contributed by atoms with van der Waals surface area (Å²) in [7, 11) is -0.836. The molecule has 1 N–H and O–H groups in total. The summed E-state index contributed by atoms with van der Waals surface area (Å²) in [5.74, 6) is 0.281. The number of hydrogen-bond acceptors (Lipinski definition) is 4. The average molecular weight is 221 g/mol. The molecule has 0 aliphatic carbocycles. The Morgan fingerprint density at radius 3 is 2.43 bits per heavy atom. The van der Waals surface area contributed by atoms with Gasteiger partial charge in [0.1, 0.15) is 0 Å². The van der Waals surface area contributed by atoms with Crippen molar-refractivity contribution >= 4 is 16.8 Å². The van der Waals surface area contributed by atoms with Crippen LogP contribution in [0.2, 0.25) is 0 Å². The SMILES string of the molecule is CC(CS(C)=O)NCC(=O)OC(C)C. The molecule has 0 radical (unpaired) electrons. The van der Waals surface area contributed by atoms with Gasteiger partial charge in [0.25, 0.3) is 0 Å². The molecule has 0 fully saturated rings. The summed E-state index contributed by atoms with van der Waals surface area (Å²) in [6.45, 7) is 5.69. The van der Waals surface area contributed by atoms with Crippen molar-refractivity contribution in [3.8, 4) is 0 Å². The molecule has 14 heavy (non-hydrogen) atoms. The van der Waals surface area contributed by atoms with Crippen LogP contribution in [0.5, 0.6) is 0 Å². The minimum Gasteiger partial charge on any atom is -0.462 e. The first-order valence-electron chi connectivity index (χ1n) is 4.64. The van der Waals surface area contributed by atoms with Gasteiger partial charge in [-0.3, -0.25) is 9.00 Å². The molecule has 0 aliphatic rings. The lowest BCUT2D eigenvalue weighted by Gasteiger charge is -2.13. The van der Waals surface area contributed by atoms with Crippen LogP contribution in [0.4, 0.5) is 0 Å². The number of carbonyl (C=O) groups is 1. The minimum atomic E-state index is -0.836. The summed E-state index contributed by atoms with van der Waals surface area (Å²) in [5.41, 5.74) is 0. The lowest BCUT2D eigenvalue weighted by Crippen LogP contribution is -2.36. The van der Waals surface area contributed by atoms with Crippen molar-refractivity contribution in [1.29, 1.82) is 0 Å². The summed E-state index contributed by atoms with van der Waals surface area (Å²) in [4.78, 5) is 11.1. The van der Waals surface area contributed by atoms with Gasteiger partial charge < -0.3 is 10.1 Å². The fourth-order valence-electron chi connectivity index (χ4n) is 0.973. The number of nitrogens with one attached hydrogen (secondary N) is 1. The van der Waals surface area contributed by atoms with E-state index >= 15 is 0 Å². The Labute approximate surface area is 87.9 Å². The van der Waals surface area contributed by atoms with E-state index in [0.717, 1.165) is 0 Å². The van der Waals surface area contributed by atoms with Gasteiger partial charge in [0.15, 0.2) is 0 Å². The summed E-state index contributed by atoms with van der Waals surface area (Å²) in [6, 6.07) is 0.0699. The van der Waals surface area contributed by atoms with E-state index in [1.807, 2.05) is 20.8 Å². The number of esters is 1. The van der Waals surface area contributed by atoms with Crippen LogP contribution < -0.4 is 5.32 Å². The largest absolute Gasteiger partial charge is 0.462 e. The highest BCUT2D eigenvalue weighted by Gasteiger charge is 2.08. The lowest BCUT2D eigenvalue weighted by atomic mass is 10.4. The van der Waals surface area contributed by atoms with Gasteiger partial charge in [-0.15, -0.1) is 0 Å². The second kappa shape index (κ2) is 6.95. The minimum absolute atomic E-state index is 0.0699. The van der Waals surface area contributed by atoms with Crippen molar-refractivity contribution in [2.45, 2.75) is 32.9 Å². The van der Waals surface area contributed by atoms with Crippen LogP contribution in [0.3, 0.4) is 0 Å². The molecule has 4 nitrogen and oxygen atoms in total. The summed E-state index contributed by atoms with van der Waals surface area (Å²) >= 11 is 0. The van der Waals surface area contributed by atoms with E-state index in [0.29, 0.717) is 5.75 Å². The second-order valence-corrected chi connectivity index (χ2v) is 5.04. The van der Waals surface area contributed by atoms with E-state index in [2.05, 4.69) is 5.32 Å². The van der Waals surface area contributed by atoms with Crippen molar-refractivity contribution in [1.82, 2.24) is 5.32 Å². The van der Waals surface area contributed by atoms with Crippen LogP contribution in [0.15, 0.2) is 0 Å². The van der Waals surface area contributed by atoms with Crippen LogP contribution in [-0.2, 0) is 20.3 Å². The van der Waals surface area contributed by atoms with Gasteiger partial charge in [0, 0.05) is 28.9 Å². The van der Waals surface area contributed by atoms with Gasteiger partial charge in [-0.05, 0) is 20.8 Å². The molecule has 0 saturated heterocycles. The van der Waals surface area contributed by atoms with Crippen molar-refractivity contribution in [3.05, 3.63) is 0 Å². The number of ether oxygens (including phenoxy) is 1. The van der Waals surface area contributed by atoms with Gasteiger partial charge in [-0.25, -0.2) is 0 Å². The highest BCUT2D eigenvalue weighted by Crippen LogP contribution is 1.89. The standard InChI is InChI=1S/C9H19NO3S/c1-7(2)13-9(11)5-10-8(3)6-14(4)12/h7-8,10H,5-6H2,1-4H3. The molecule has 0 amide bonds. The molecule has 0 aromatic heterocycles. The van der Waals surface area contributed by atoms with Crippen LogP contribution in [0.1, 0.15) is 20.8 Å². The average Bonchev–Trinajstić information content (AvgIpc) is 1.98. The van der Waals surface area contributed by atoms with E-state index in [1.54, 1.807) is 6.26 Å². The molecule has 84 valence electrons. The van der Waals surface area contributed by atoms with Gasteiger partial charge in [-0.1, -0.05) is 0 Å². The molecule has 2 atom stereocenters. The molecular formula is C9H19NO3S. The summed E-state index contributed by atoms with van der Waals surface area (Å²) < 4.78 is 15.8. The van der Waals surface area contributed by atoms with E-state index in [4.69, 9.17) is 4.74 Å². The third-order valence-electron chi connectivity index (χ3n) is 1.45. The fraction of sp³-hybridized carbons (Fsp3) is 0.889. The highest BCUT2D eigenvalue weighted by molar-refractivity contribution is 7.84. The Morgan fingerprint density at radius 2 is 2.00 bits per heavy atom. The molecule has 0 aromatic rings. The zero-order chi connectivity index (χ0) is 11.1. The van der Waals surface area contributed by atoms with E-state index < -0.39 is 10.8 Å². The Morgan fingerprint density at radius 1 is 1.43 bits per heavy atom. The third-order valence-corrected chi connectivity index (χ3v) is 2.42. The third kappa shape index (κ3) is 8.19. The zero-order valence-corrected chi connectivity index (χ0v) is 10.0. The summed E-state index contributed by atoms with van der Waals surface area (Å²) in [6.07, 6.45) is 1.56. The van der Waals surface area contributed by atoms with Crippen LogP contribution >= 0.6 is 0 Å². The maximum absolute atomic E-state index is 11.1. The number of hydrogen-bond donors (Lipinski definition) is 1. The monoisotopic (exact) mass is 221 g/mol. The van der Waals surface area contributed by atoms with Crippen molar-refractivity contribution in [3.63, 3.8) is 0 Å². The normalized spacial score (nSPS) is 15.2. The van der Waals surface area contributed by atoms with E-state index in [-0.39, 0.29) is 24.7 Å². The maximum Gasteiger partial charge on any atom is 0.320 e. The van der Waals surface area contributed by atoms with Crippen molar-refractivity contribution in [2.24, 2.45) is 0 Å². The molecule has 0 bridgehead atoms. The second-order valence-electron chi connectivity index (χ2n) is 3.56. The molecule has 0 rings (SSSR count). The van der Waals surface area contributed by atoms with Crippen LogP contribution in [0, 0.1) is 0 Å². The topological polar surface area (TPSA) is 55.4 Å². The van der Waals surface area contributed by atoms with Gasteiger partial charge in [0.2, 0.25) is 0 Å². The van der Waals surface area contributed by atoms with Gasteiger partial charge >= 0.3 is 5.97 Å². The fourth-order valence-corrected chi connectivity index (χ4v) is 1.80. The lowest BCUT2D eigenvalue weighted by molar-refractivity contribution is -0.146. The Balaban J connectivity index is 3.61. The predicted octanol–water partition coefficient (Wildman–Crippen LogP) is 0.295. The highest BCUT2D eigenvalue weighted by atomic mass is 32.2. The number of carbonyl (C=O) groups excluding carboxylic acids is 1. The van der Waals surface area contributed by atoms with E-state index in [9.17, 15) is 9.00 Å². The molecule has 0 heterocycles. The first-order valence-corrected chi connectivity index (χ1v) is 6.37. The first-order chi connectivity index (χ1) is 6.41. The number of rotatable bonds is 6. The Hall–Kier alpha value is -0.420.